The van der Waals surface area contributed by atoms with E-state index in [1.165, 1.54) is 5.56 Å². The normalized spacial score (nSPS) is 21.6. The summed E-state index contributed by atoms with van der Waals surface area (Å²) in [6, 6.07) is 21.0. The summed E-state index contributed by atoms with van der Waals surface area (Å²) in [5, 5.41) is 0. The van der Waals surface area contributed by atoms with Crippen LogP contribution in [-0.2, 0) is 11.3 Å². The largest absolute Gasteiger partial charge is 0.343 e. The lowest BCUT2D eigenvalue weighted by molar-refractivity contribution is -0.133. The molecule has 1 aliphatic heterocycles. The second kappa shape index (κ2) is 9.16. The van der Waals surface area contributed by atoms with Crippen LogP contribution in [0.25, 0.3) is 0 Å². The smallest absolute Gasteiger partial charge is 0.224 e. The van der Waals surface area contributed by atoms with Crippen molar-refractivity contribution in [3.63, 3.8) is 0 Å². The van der Waals surface area contributed by atoms with Crippen LogP contribution in [0.3, 0.4) is 0 Å². The van der Waals surface area contributed by atoms with Gasteiger partial charge in [0, 0.05) is 44.7 Å². The molecule has 4 heteroatoms. The molecule has 1 amide bonds. The molecule has 0 aromatic heterocycles. The van der Waals surface area contributed by atoms with E-state index in [1.807, 2.05) is 42.3 Å². The molecule has 1 aliphatic rings. The number of carbonyl (C=O) groups is 1. The van der Waals surface area contributed by atoms with Gasteiger partial charge in [-0.25, -0.2) is 0 Å². The number of nitrogens with two attached hydrogens (primary N) is 1. The number of hydrogen-bond donors (Lipinski definition) is 1. The van der Waals surface area contributed by atoms with E-state index in [9.17, 15) is 4.79 Å². The van der Waals surface area contributed by atoms with E-state index >= 15 is 0 Å². The first-order valence-corrected chi connectivity index (χ1v) is 9.88. The molecular weight excluding hydrogens is 334 g/mol. The molecule has 2 aromatic rings. The van der Waals surface area contributed by atoms with Gasteiger partial charge in [-0.05, 0) is 30.9 Å². The van der Waals surface area contributed by atoms with Crippen LogP contribution in [0.15, 0.2) is 60.7 Å². The van der Waals surface area contributed by atoms with Crippen molar-refractivity contribution in [1.29, 1.82) is 0 Å². The number of hydrogen-bond acceptors (Lipinski definition) is 3. The zero-order valence-corrected chi connectivity index (χ0v) is 16.4. The Balaban J connectivity index is 1.52. The molecule has 1 fully saturated rings. The van der Waals surface area contributed by atoms with Crippen LogP contribution in [0.5, 0.6) is 0 Å². The Labute approximate surface area is 163 Å². The SMILES string of the molecule is CC1CC(N(C)C(=O)CC(N)c2ccccc2)CCN1Cc1ccccc1. The Morgan fingerprint density at radius 1 is 1.15 bits per heavy atom. The van der Waals surface area contributed by atoms with Crippen molar-refractivity contribution >= 4 is 5.91 Å². The molecule has 1 heterocycles. The third-order valence-electron chi connectivity index (χ3n) is 5.78. The molecule has 3 unspecified atom stereocenters. The van der Waals surface area contributed by atoms with Gasteiger partial charge in [0.2, 0.25) is 5.91 Å². The van der Waals surface area contributed by atoms with E-state index in [4.69, 9.17) is 5.73 Å². The third kappa shape index (κ3) is 5.18. The fourth-order valence-corrected chi connectivity index (χ4v) is 3.95. The van der Waals surface area contributed by atoms with Gasteiger partial charge in [-0.15, -0.1) is 0 Å². The summed E-state index contributed by atoms with van der Waals surface area (Å²) in [7, 11) is 1.93. The molecule has 3 rings (SSSR count). The predicted molar refractivity (Wildman–Crippen MR) is 110 cm³/mol. The minimum Gasteiger partial charge on any atom is -0.343 e. The highest BCUT2D eigenvalue weighted by atomic mass is 16.2. The zero-order valence-electron chi connectivity index (χ0n) is 16.4. The highest BCUT2D eigenvalue weighted by Gasteiger charge is 2.30. The van der Waals surface area contributed by atoms with E-state index in [-0.39, 0.29) is 11.9 Å². The van der Waals surface area contributed by atoms with Crippen molar-refractivity contribution in [2.45, 2.75) is 50.9 Å². The molecule has 3 atom stereocenters. The van der Waals surface area contributed by atoms with E-state index in [1.54, 1.807) is 0 Å². The van der Waals surface area contributed by atoms with Gasteiger partial charge in [0.25, 0.3) is 0 Å². The summed E-state index contributed by atoms with van der Waals surface area (Å²) in [6.07, 6.45) is 2.38. The maximum Gasteiger partial charge on any atom is 0.224 e. The topological polar surface area (TPSA) is 49.6 Å². The molecule has 144 valence electrons. The lowest BCUT2D eigenvalue weighted by Gasteiger charge is -2.41. The van der Waals surface area contributed by atoms with Gasteiger partial charge in [-0.3, -0.25) is 9.69 Å². The molecule has 27 heavy (non-hydrogen) atoms. The van der Waals surface area contributed by atoms with E-state index < -0.39 is 0 Å². The number of nitrogens with zero attached hydrogens (tertiary/aromatic N) is 2. The molecule has 2 N–H and O–H groups in total. The van der Waals surface area contributed by atoms with Crippen molar-refractivity contribution < 1.29 is 4.79 Å². The van der Waals surface area contributed by atoms with Crippen molar-refractivity contribution in [3.8, 4) is 0 Å². The summed E-state index contributed by atoms with van der Waals surface area (Å²) in [5.41, 5.74) is 8.61. The number of rotatable bonds is 6. The van der Waals surface area contributed by atoms with Gasteiger partial charge in [0.05, 0.1) is 0 Å². The Hall–Kier alpha value is -2.17. The number of piperidine rings is 1. The van der Waals surface area contributed by atoms with Crippen molar-refractivity contribution in [2.24, 2.45) is 5.73 Å². The molecule has 0 radical (unpaired) electrons. The van der Waals surface area contributed by atoms with Crippen molar-refractivity contribution in [1.82, 2.24) is 9.80 Å². The maximum absolute atomic E-state index is 12.7. The van der Waals surface area contributed by atoms with Crippen molar-refractivity contribution in [2.75, 3.05) is 13.6 Å². The Kier molecular flexibility index (Phi) is 6.64. The maximum atomic E-state index is 12.7. The van der Waals surface area contributed by atoms with Crippen LogP contribution in [0, 0.1) is 0 Å². The first kappa shape index (κ1) is 19.6. The first-order chi connectivity index (χ1) is 13.0. The van der Waals surface area contributed by atoms with Crippen LogP contribution in [0.4, 0.5) is 0 Å². The second-order valence-electron chi connectivity index (χ2n) is 7.71. The molecule has 0 bridgehead atoms. The van der Waals surface area contributed by atoms with Crippen LogP contribution in [0.2, 0.25) is 0 Å². The molecule has 1 saturated heterocycles. The molecule has 2 aromatic carbocycles. The Bertz CT molecular complexity index is 719. The van der Waals surface area contributed by atoms with Crippen LogP contribution < -0.4 is 5.73 Å². The number of likely N-dealkylation sites (tertiary alicyclic amines) is 1. The minimum absolute atomic E-state index is 0.139. The van der Waals surface area contributed by atoms with Gasteiger partial charge in [0.15, 0.2) is 0 Å². The minimum atomic E-state index is -0.239. The van der Waals surface area contributed by atoms with Crippen LogP contribution >= 0.6 is 0 Å². The standard InChI is InChI=1S/C23H31N3O/c1-18-15-21(13-14-26(18)17-19-9-5-3-6-10-19)25(2)23(27)16-22(24)20-11-7-4-8-12-20/h3-12,18,21-22H,13-17,24H2,1-2H3. The molecular formula is C23H31N3O. The molecule has 0 saturated carbocycles. The van der Waals surface area contributed by atoms with Crippen LogP contribution in [-0.4, -0.2) is 41.4 Å². The number of carbonyl (C=O) groups excluding carboxylic acids is 1. The lowest BCUT2D eigenvalue weighted by Crippen LogP contribution is -2.49. The number of amides is 1. The monoisotopic (exact) mass is 365 g/mol. The van der Waals surface area contributed by atoms with Gasteiger partial charge in [0.1, 0.15) is 0 Å². The average molecular weight is 366 g/mol. The first-order valence-electron chi connectivity index (χ1n) is 9.88. The van der Waals surface area contributed by atoms with Crippen molar-refractivity contribution in [3.05, 3.63) is 71.8 Å². The third-order valence-corrected chi connectivity index (χ3v) is 5.78. The summed E-state index contributed by atoms with van der Waals surface area (Å²) < 4.78 is 0. The van der Waals surface area contributed by atoms with E-state index in [2.05, 4.69) is 42.2 Å². The molecule has 4 nitrogen and oxygen atoms in total. The quantitative estimate of drug-likeness (QED) is 0.851. The number of benzene rings is 2. The summed E-state index contributed by atoms with van der Waals surface area (Å²) in [6.45, 7) is 4.26. The van der Waals surface area contributed by atoms with Gasteiger partial charge >= 0.3 is 0 Å². The highest BCUT2D eigenvalue weighted by molar-refractivity contribution is 5.77. The van der Waals surface area contributed by atoms with Gasteiger partial charge < -0.3 is 10.6 Å². The lowest BCUT2D eigenvalue weighted by atomic mass is 9.95. The van der Waals surface area contributed by atoms with E-state index in [0.717, 1.165) is 31.5 Å². The Morgan fingerprint density at radius 2 is 1.78 bits per heavy atom. The zero-order chi connectivity index (χ0) is 19.2. The van der Waals surface area contributed by atoms with E-state index in [0.29, 0.717) is 18.5 Å². The summed E-state index contributed by atoms with van der Waals surface area (Å²) >= 11 is 0. The van der Waals surface area contributed by atoms with Gasteiger partial charge in [-0.2, -0.15) is 0 Å². The highest BCUT2D eigenvalue weighted by Crippen LogP contribution is 2.24. The summed E-state index contributed by atoms with van der Waals surface area (Å²) in [4.78, 5) is 17.2. The van der Waals surface area contributed by atoms with Crippen LogP contribution in [0.1, 0.15) is 43.4 Å². The fourth-order valence-electron chi connectivity index (χ4n) is 3.95. The summed E-state index contributed by atoms with van der Waals surface area (Å²) in [5.74, 6) is 0.139. The molecule has 0 spiro atoms. The predicted octanol–water partition coefficient (Wildman–Crippen LogP) is 3.59. The molecule has 0 aliphatic carbocycles. The Morgan fingerprint density at radius 3 is 2.41 bits per heavy atom. The fraction of sp³-hybridized carbons (Fsp3) is 0.435. The second-order valence-corrected chi connectivity index (χ2v) is 7.71. The average Bonchev–Trinajstić information content (AvgIpc) is 2.70. The van der Waals surface area contributed by atoms with Gasteiger partial charge in [-0.1, -0.05) is 60.7 Å².